The van der Waals surface area contributed by atoms with E-state index in [2.05, 4.69) is 33.0 Å². The van der Waals surface area contributed by atoms with Crippen LogP contribution >= 0.6 is 0 Å². The minimum atomic E-state index is -0.864. The molecule has 118 valence electrons. The quantitative estimate of drug-likeness (QED) is 0.422. The molecule has 21 heavy (non-hydrogen) atoms. The zero-order chi connectivity index (χ0) is 15.9. The summed E-state index contributed by atoms with van der Waals surface area (Å²) in [6.07, 6.45) is 10.1. The van der Waals surface area contributed by atoms with E-state index in [1.54, 1.807) is 12.2 Å². The molecule has 0 fully saturated rings. The monoisotopic (exact) mass is 291 g/mol. The van der Waals surface area contributed by atoms with E-state index in [1.807, 2.05) is 6.08 Å². The molecule has 0 aromatic rings. The van der Waals surface area contributed by atoms with E-state index < -0.39 is 5.97 Å². The van der Waals surface area contributed by atoms with Gasteiger partial charge >= 0.3 is 5.97 Å². The molecular formula is C18H29NO2. The van der Waals surface area contributed by atoms with Gasteiger partial charge in [0.1, 0.15) is 0 Å². The minimum Gasteiger partial charge on any atom is -0.478 e. The maximum atomic E-state index is 11.3. The van der Waals surface area contributed by atoms with Crippen LogP contribution in [-0.2, 0) is 4.79 Å². The van der Waals surface area contributed by atoms with Gasteiger partial charge in [0.25, 0.3) is 0 Å². The number of allylic oxidation sites excluding steroid dienone is 3. The maximum absolute atomic E-state index is 11.3. The van der Waals surface area contributed by atoms with Gasteiger partial charge in [0, 0.05) is 6.54 Å². The van der Waals surface area contributed by atoms with Crippen molar-refractivity contribution in [2.24, 2.45) is 5.41 Å². The second-order valence-corrected chi connectivity index (χ2v) is 6.43. The van der Waals surface area contributed by atoms with Gasteiger partial charge in [-0.3, -0.25) is 0 Å². The summed E-state index contributed by atoms with van der Waals surface area (Å²) < 4.78 is 0. The summed E-state index contributed by atoms with van der Waals surface area (Å²) in [7, 11) is 0. The summed E-state index contributed by atoms with van der Waals surface area (Å²) in [5, 5.41) is 12.5. The first-order valence-electron chi connectivity index (χ1n) is 7.91. The van der Waals surface area contributed by atoms with Gasteiger partial charge in [0.15, 0.2) is 0 Å². The van der Waals surface area contributed by atoms with Crippen molar-refractivity contribution in [3.63, 3.8) is 0 Å². The molecule has 0 aliphatic heterocycles. The van der Waals surface area contributed by atoms with Gasteiger partial charge < -0.3 is 10.4 Å². The third-order valence-electron chi connectivity index (χ3n) is 4.11. The summed E-state index contributed by atoms with van der Waals surface area (Å²) in [6, 6.07) is 0. The summed E-state index contributed by atoms with van der Waals surface area (Å²) in [5.74, 6) is -0.864. The summed E-state index contributed by atoms with van der Waals surface area (Å²) >= 11 is 0. The SMILES string of the molecule is CCCNC/C=C(\C=C\C1=C(C)CCCC1(C)C)C(=O)O. The van der Waals surface area contributed by atoms with Gasteiger partial charge in [-0.1, -0.05) is 38.5 Å². The van der Waals surface area contributed by atoms with E-state index in [1.165, 1.54) is 17.6 Å². The second-order valence-electron chi connectivity index (χ2n) is 6.43. The Morgan fingerprint density at radius 2 is 2.14 bits per heavy atom. The molecule has 0 bridgehead atoms. The van der Waals surface area contributed by atoms with Crippen molar-refractivity contribution in [1.82, 2.24) is 5.32 Å². The van der Waals surface area contributed by atoms with Crippen LogP contribution in [0.2, 0.25) is 0 Å². The highest BCUT2D eigenvalue weighted by Crippen LogP contribution is 2.40. The van der Waals surface area contributed by atoms with Gasteiger partial charge in [-0.15, -0.1) is 0 Å². The molecule has 0 saturated heterocycles. The van der Waals surface area contributed by atoms with Gasteiger partial charge in [-0.25, -0.2) is 4.79 Å². The van der Waals surface area contributed by atoms with Gasteiger partial charge in [0.05, 0.1) is 5.57 Å². The molecule has 3 heteroatoms. The van der Waals surface area contributed by atoms with Crippen molar-refractivity contribution in [3.8, 4) is 0 Å². The first-order chi connectivity index (χ1) is 9.88. The predicted octanol–water partition coefficient (Wildman–Crippen LogP) is 4.08. The number of hydrogen-bond acceptors (Lipinski definition) is 2. The van der Waals surface area contributed by atoms with Crippen LogP contribution in [0.5, 0.6) is 0 Å². The van der Waals surface area contributed by atoms with Crippen molar-refractivity contribution >= 4 is 5.97 Å². The van der Waals surface area contributed by atoms with Crippen LogP contribution < -0.4 is 5.32 Å². The molecule has 2 N–H and O–H groups in total. The van der Waals surface area contributed by atoms with Crippen molar-refractivity contribution in [2.75, 3.05) is 13.1 Å². The van der Waals surface area contributed by atoms with E-state index in [4.69, 9.17) is 0 Å². The Labute approximate surface area is 128 Å². The molecule has 0 amide bonds. The van der Waals surface area contributed by atoms with E-state index in [-0.39, 0.29) is 5.41 Å². The fourth-order valence-corrected chi connectivity index (χ4v) is 2.87. The fourth-order valence-electron chi connectivity index (χ4n) is 2.87. The molecule has 0 saturated carbocycles. The van der Waals surface area contributed by atoms with Crippen molar-refractivity contribution in [1.29, 1.82) is 0 Å². The second kappa shape index (κ2) is 8.18. The highest BCUT2D eigenvalue weighted by Gasteiger charge is 2.26. The van der Waals surface area contributed by atoms with Gasteiger partial charge in [-0.2, -0.15) is 0 Å². The lowest BCUT2D eigenvalue weighted by Gasteiger charge is -2.32. The van der Waals surface area contributed by atoms with Crippen molar-refractivity contribution in [3.05, 3.63) is 34.9 Å². The number of rotatable bonds is 7. The lowest BCUT2D eigenvalue weighted by Crippen LogP contribution is -2.19. The molecule has 0 spiro atoms. The van der Waals surface area contributed by atoms with Crippen molar-refractivity contribution < 1.29 is 9.90 Å². The Morgan fingerprint density at radius 1 is 1.43 bits per heavy atom. The Morgan fingerprint density at radius 3 is 2.71 bits per heavy atom. The van der Waals surface area contributed by atoms with Crippen LogP contribution in [0.3, 0.4) is 0 Å². The molecule has 1 aliphatic rings. The Balaban J connectivity index is 2.85. The topological polar surface area (TPSA) is 49.3 Å². The average molecular weight is 291 g/mol. The third kappa shape index (κ3) is 5.50. The molecule has 3 nitrogen and oxygen atoms in total. The minimum absolute atomic E-state index is 0.142. The Kier molecular flexibility index (Phi) is 6.90. The molecule has 0 heterocycles. The molecule has 0 aromatic carbocycles. The lowest BCUT2D eigenvalue weighted by molar-refractivity contribution is -0.132. The van der Waals surface area contributed by atoms with Crippen LogP contribution in [0.25, 0.3) is 0 Å². The number of nitrogens with one attached hydrogen (secondary N) is 1. The van der Waals surface area contributed by atoms with Crippen LogP contribution in [0.4, 0.5) is 0 Å². The molecule has 0 unspecified atom stereocenters. The number of carboxylic acids is 1. The summed E-state index contributed by atoms with van der Waals surface area (Å²) in [4.78, 5) is 11.3. The van der Waals surface area contributed by atoms with Crippen LogP contribution in [0.1, 0.15) is 53.4 Å². The van der Waals surface area contributed by atoms with Gasteiger partial charge in [-0.05, 0) is 56.2 Å². The van der Waals surface area contributed by atoms with E-state index in [0.717, 1.165) is 25.8 Å². The zero-order valence-electron chi connectivity index (χ0n) is 13.8. The molecular weight excluding hydrogens is 262 g/mol. The standard InChI is InChI=1S/C18H29NO2/c1-5-12-19-13-10-15(17(20)21)8-9-16-14(2)7-6-11-18(16,3)4/h8-10,19H,5-7,11-13H2,1-4H3,(H,20,21)/b9-8+,15-10+. The number of hydrogen-bond donors (Lipinski definition) is 2. The summed E-state index contributed by atoms with van der Waals surface area (Å²) in [6.45, 7) is 10.2. The number of carboxylic acid groups (broad SMARTS) is 1. The highest BCUT2D eigenvalue weighted by atomic mass is 16.4. The molecule has 0 atom stereocenters. The Bertz CT molecular complexity index is 456. The average Bonchev–Trinajstić information content (AvgIpc) is 2.39. The molecule has 1 aliphatic carbocycles. The third-order valence-corrected chi connectivity index (χ3v) is 4.11. The molecule has 1 rings (SSSR count). The molecule has 0 radical (unpaired) electrons. The van der Waals surface area contributed by atoms with Crippen LogP contribution in [-0.4, -0.2) is 24.2 Å². The van der Waals surface area contributed by atoms with E-state index >= 15 is 0 Å². The largest absolute Gasteiger partial charge is 0.478 e. The first-order valence-corrected chi connectivity index (χ1v) is 7.91. The van der Waals surface area contributed by atoms with Crippen LogP contribution in [0, 0.1) is 5.41 Å². The summed E-state index contributed by atoms with van der Waals surface area (Å²) in [5.41, 5.74) is 3.18. The van der Waals surface area contributed by atoms with Crippen LogP contribution in [0.15, 0.2) is 34.9 Å². The van der Waals surface area contributed by atoms with Gasteiger partial charge in [0.2, 0.25) is 0 Å². The zero-order valence-corrected chi connectivity index (χ0v) is 13.8. The molecule has 0 aromatic heterocycles. The fraction of sp³-hybridized carbons (Fsp3) is 0.611. The number of carbonyl (C=O) groups is 1. The maximum Gasteiger partial charge on any atom is 0.335 e. The lowest BCUT2D eigenvalue weighted by atomic mass is 9.72. The highest BCUT2D eigenvalue weighted by molar-refractivity contribution is 5.90. The van der Waals surface area contributed by atoms with E-state index in [0.29, 0.717) is 12.1 Å². The first kappa shape index (κ1) is 17.7. The van der Waals surface area contributed by atoms with E-state index in [9.17, 15) is 9.90 Å². The normalized spacial score (nSPS) is 19.3. The smallest absolute Gasteiger partial charge is 0.335 e. The van der Waals surface area contributed by atoms with Crippen molar-refractivity contribution in [2.45, 2.75) is 53.4 Å². The predicted molar refractivity (Wildman–Crippen MR) is 88.4 cm³/mol. The Hall–Kier alpha value is -1.35. The number of aliphatic carboxylic acids is 1.